The van der Waals surface area contributed by atoms with Gasteiger partial charge in [0.25, 0.3) is 0 Å². The minimum Gasteiger partial charge on any atom is -0.462 e. The molecule has 0 radical (unpaired) electrons. The molecule has 5 aromatic heterocycles. The van der Waals surface area contributed by atoms with Crippen LogP contribution in [0.1, 0.15) is 57.3 Å². The zero-order valence-electron chi connectivity index (χ0n) is 35.0. The smallest absolute Gasteiger partial charge is 0.338 e. The van der Waals surface area contributed by atoms with Crippen molar-refractivity contribution in [3.63, 3.8) is 0 Å². The fourth-order valence-corrected chi connectivity index (χ4v) is 8.80. The average molecular weight is 837 g/mol. The number of rotatable bonds is 8. The first-order chi connectivity index (χ1) is 31.4. The van der Waals surface area contributed by atoms with Crippen molar-refractivity contribution in [2.75, 3.05) is 13.2 Å². The van der Waals surface area contributed by atoms with Gasteiger partial charge in [-0.3, -0.25) is 0 Å². The molecule has 4 N–H and O–H groups in total. The summed E-state index contributed by atoms with van der Waals surface area (Å²) in [6.07, 6.45) is 12.1. The molecule has 0 aliphatic carbocycles. The topological polar surface area (TPSA) is 142 Å². The molecule has 11 rings (SSSR count). The summed E-state index contributed by atoms with van der Waals surface area (Å²) in [5.74, 6) is -0.740. The van der Waals surface area contributed by atoms with E-state index in [1.807, 2.05) is 36.7 Å². The summed E-state index contributed by atoms with van der Waals surface area (Å²) in [6, 6.07) is 40.2. The first-order valence-corrected chi connectivity index (χ1v) is 21.3. The number of carbonyl (C=O) groups is 2. The third-order valence-corrected chi connectivity index (χ3v) is 11.8. The van der Waals surface area contributed by atoms with Crippen LogP contribution in [-0.4, -0.2) is 55.1 Å². The molecule has 7 heterocycles. The first-order valence-electron chi connectivity index (χ1n) is 21.3. The number of esters is 2. The van der Waals surface area contributed by atoms with Crippen LogP contribution in [0.25, 0.3) is 113 Å². The molecule has 0 atom stereocenters. The van der Waals surface area contributed by atoms with Gasteiger partial charge < -0.3 is 29.4 Å². The van der Waals surface area contributed by atoms with Crippen LogP contribution in [0.4, 0.5) is 0 Å². The third-order valence-electron chi connectivity index (χ3n) is 11.8. The number of nitrogens with one attached hydrogen (secondary N) is 4. The highest BCUT2D eigenvalue weighted by atomic mass is 16.5. The Morgan fingerprint density at radius 3 is 1.12 bits per heavy atom. The van der Waals surface area contributed by atoms with Gasteiger partial charge >= 0.3 is 11.9 Å². The quantitative estimate of drug-likeness (QED) is 0.112. The van der Waals surface area contributed by atoms with Gasteiger partial charge in [-0.25, -0.2) is 19.6 Å². The lowest BCUT2D eigenvalue weighted by molar-refractivity contribution is 0.0517. The molecule has 2 aliphatic rings. The number of aromatic nitrogens is 6. The van der Waals surface area contributed by atoms with Gasteiger partial charge in [0.15, 0.2) is 0 Å². The molecule has 0 fully saturated rings. The SMILES string of the molecule is CCOC(=O)c1ccc(-c2c3nc(c(-c4ccc5cc[nH]c5c4)c4ccc([nH]4)c(-c4ccc(C(=O)OCC)cc4)c4nc(c(-c5ccc6cc[nH]c6c5)c5ccc2[nH]5)C=C4)C=C3)cc1. The monoisotopic (exact) mass is 836 g/mol. The van der Waals surface area contributed by atoms with E-state index in [1.165, 1.54) is 0 Å². The van der Waals surface area contributed by atoms with Crippen LogP contribution in [0.3, 0.4) is 0 Å². The maximum absolute atomic E-state index is 12.7. The lowest BCUT2D eigenvalue weighted by atomic mass is 10.0. The minimum absolute atomic E-state index is 0.292. The fraction of sp³-hybridized carbons (Fsp3) is 0.0741. The summed E-state index contributed by atoms with van der Waals surface area (Å²) >= 11 is 0. The van der Waals surface area contributed by atoms with Gasteiger partial charge in [0.2, 0.25) is 0 Å². The third kappa shape index (κ3) is 6.78. The van der Waals surface area contributed by atoms with Crippen LogP contribution in [0.5, 0.6) is 0 Å². The molecular weight excluding hydrogens is 797 g/mol. The molecule has 310 valence electrons. The molecule has 10 nitrogen and oxygen atoms in total. The molecule has 64 heavy (non-hydrogen) atoms. The Balaban J connectivity index is 1.25. The fourth-order valence-electron chi connectivity index (χ4n) is 8.80. The summed E-state index contributed by atoms with van der Waals surface area (Å²) in [4.78, 5) is 50.7. The Morgan fingerprint density at radius 1 is 0.422 bits per heavy atom. The van der Waals surface area contributed by atoms with E-state index in [0.29, 0.717) is 24.3 Å². The van der Waals surface area contributed by atoms with Crippen molar-refractivity contribution >= 4 is 80.1 Å². The standard InChI is InChI=1S/C54H40N6O4/c1-3-63-53(61)35-11-7-33(8-12-35)49-39-17-21-43(57-39)51(37-15-5-31-25-27-55-47(31)29-37)45-23-19-41(59-45)50(34-9-13-36(14-10-34)54(62)64-4-2)42-20-24-46(60-42)52(44-22-18-40(49)58-44)38-16-6-32-26-28-56-48(32)30-38/h5-30,55-57,60H,3-4H2,1-2H3. The van der Waals surface area contributed by atoms with E-state index in [9.17, 15) is 9.59 Å². The summed E-state index contributed by atoms with van der Waals surface area (Å²) in [7, 11) is 0. The second-order valence-corrected chi connectivity index (χ2v) is 15.7. The van der Waals surface area contributed by atoms with Crippen molar-refractivity contribution < 1.29 is 19.1 Å². The first kappa shape index (κ1) is 38.4. The van der Waals surface area contributed by atoms with Crippen molar-refractivity contribution in [1.82, 2.24) is 29.9 Å². The lowest BCUT2D eigenvalue weighted by Crippen LogP contribution is -2.04. The highest BCUT2D eigenvalue weighted by Crippen LogP contribution is 2.39. The zero-order chi connectivity index (χ0) is 43.3. The lowest BCUT2D eigenvalue weighted by Gasteiger charge is -2.08. The van der Waals surface area contributed by atoms with Crippen LogP contribution in [0, 0.1) is 0 Å². The minimum atomic E-state index is -0.370. The number of hydrogen-bond acceptors (Lipinski definition) is 6. The number of hydrogen-bond donors (Lipinski definition) is 4. The Hall–Kier alpha value is -8.50. The Labute approximate surface area is 367 Å². The van der Waals surface area contributed by atoms with E-state index >= 15 is 0 Å². The molecule has 0 amide bonds. The predicted molar refractivity (Wildman–Crippen MR) is 256 cm³/mol. The molecule has 0 saturated carbocycles. The van der Waals surface area contributed by atoms with E-state index in [4.69, 9.17) is 19.4 Å². The van der Waals surface area contributed by atoms with Crippen LogP contribution in [0.2, 0.25) is 0 Å². The number of fused-ring (bicyclic) bond motifs is 10. The predicted octanol–water partition coefficient (Wildman–Crippen LogP) is 12.6. The van der Waals surface area contributed by atoms with Crippen molar-refractivity contribution in [2.45, 2.75) is 13.8 Å². The zero-order valence-corrected chi connectivity index (χ0v) is 35.0. The van der Waals surface area contributed by atoms with Crippen LogP contribution >= 0.6 is 0 Å². The second kappa shape index (κ2) is 15.8. The average Bonchev–Trinajstić information content (AvgIpc) is 4.18. The Bertz CT molecular complexity index is 3330. The van der Waals surface area contributed by atoms with Gasteiger partial charge in [-0.05, 0) is 144 Å². The maximum Gasteiger partial charge on any atom is 0.338 e. The molecule has 2 aliphatic heterocycles. The van der Waals surface area contributed by atoms with Crippen LogP contribution in [-0.2, 0) is 9.47 Å². The number of H-pyrrole nitrogens is 4. The Morgan fingerprint density at radius 2 is 0.766 bits per heavy atom. The molecule has 9 aromatic rings. The molecule has 4 aromatic carbocycles. The molecule has 10 heteroatoms. The molecule has 0 unspecified atom stereocenters. The number of ether oxygens (including phenoxy) is 2. The van der Waals surface area contributed by atoms with E-state index in [-0.39, 0.29) is 11.9 Å². The van der Waals surface area contributed by atoms with Gasteiger partial charge in [-0.15, -0.1) is 0 Å². The summed E-state index contributed by atoms with van der Waals surface area (Å²) in [6.45, 7) is 4.19. The van der Waals surface area contributed by atoms with Gasteiger partial charge in [0.05, 0.1) is 47.1 Å². The highest BCUT2D eigenvalue weighted by Gasteiger charge is 2.20. The van der Waals surface area contributed by atoms with Crippen LogP contribution in [0.15, 0.2) is 134 Å². The van der Waals surface area contributed by atoms with Crippen molar-refractivity contribution in [1.29, 1.82) is 0 Å². The van der Waals surface area contributed by atoms with Gasteiger partial charge in [0, 0.05) is 67.7 Å². The van der Waals surface area contributed by atoms with Crippen molar-refractivity contribution in [3.8, 4) is 44.5 Å². The molecule has 0 spiro atoms. The van der Waals surface area contributed by atoms with Crippen molar-refractivity contribution in [2.24, 2.45) is 0 Å². The summed E-state index contributed by atoms with van der Waals surface area (Å²) < 4.78 is 10.6. The largest absolute Gasteiger partial charge is 0.462 e. The highest BCUT2D eigenvalue weighted by molar-refractivity contribution is 6.02. The molecule has 0 saturated heterocycles. The van der Waals surface area contributed by atoms with Crippen molar-refractivity contribution in [3.05, 3.63) is 168 Å². The number of carbonyl (C=O) groups excluding carboxylic acids is 2. The second-order valence-electron chi connectivity index (χ2n) is 15.7. The molecular formula is C54H40N6O4. The van der Waals surface area contributed by atoms with E-state index in [0.717, 1.165) is 111 Å². The normalized spacial score (nSPS) is 12.0. The van der Waals surface area contributed by atoms with Gasteiger partial charge in [-0.1, -0.05) is 48.5 Å². The van der Waals surface area contributed by atoms with E-state index in [1.54, 1.807) is 38.1 Å². The van der Waals surface area contributed by atoms with E-state index < -0.39 is 0 Å². The van der Waals surface area contributed by atoms with Gasteiger partial charge in [-0.2, -0.15) is 0 Å². The van der Waals surface area contributed by atoms with E-state index in [2.05, 4.69) is 117 Å². The number of nitrogens with zero attached hydrogens (tertiary/aromatic N) is 2. The summed E-state index contributed by atoms with van der Waals surface area (Å²) in [5.41, 5.74) is 16.7. The summed E-state index contributed by atoms with van der Waals surface area (Å²) in [5, 5.41) is 2.21. The number of aromatic amines is 4. The maximum atomic E-state index is 12.7. The van der Waals surface area contributed by atoms with Gasteiger partial charge in [0.1, 0.15) is 0 Å². The van der Waals surface area contributed by atoms with Crippen LogP contribution < -0.4 is 0 Å². The Kier molecular flexibility index (Phi) is 9.46. The molecule has 8 bridgehead atoms. The number of benzene rings is 4.